The highest BCUT2D eigenvalue weighted by atomic mass is 31.2. The molecule has 1 atom stereocenters. The number of carboxylic acid groups (broad SMARTS) is 1. The first-order valence-electron chi connectivity index (χ1n) is 7.56. The Kier molecular flexibility index (Phi) is 6.36. The molecule has 6 heteroatoms. The standard InChI is InChI=1S/C18H20NO4P/c20-18(21)12-11-17(16-9-5-2-6-10-16)13-19-24(22,23)14-15-7-3-1-4-8-15/h1-10,13H,11-12,14H2,(H,20,21)(H2,19,22,23). The highest BCUT2D eigenvalue weighted by Gasteiger charge is 2.17. The minimum Gasteiger partial charge on any atom is -0.481 e. The van der Waals surface area contributed by atoms with E-state index in [1.807, 2.05) is 48.5 Å². The second-order valence-corrected chi connectivity index (χ2v) is 7.38. The van der Waals surface area contributed by atoms with Crippen molar-refractivity contribution in [2.24, 2.45) is 0 Å². The Morgan fingerprint density at radius 1 is 1.00 bits per heavy atom. The van der Waals surface area contributed by atoms with Gasteiger partial charge in [0, 0.05) is 12.6 Å². The Labute approximate surface area is 141 Å². The Bertz CT molecular complexity index is 744. The third-order valence-corrected chi connectivity index (χ3v) is 4.76. The summed E-state index contributed by atoms with van der Waals surface area (Å²) in [5.41, 5.74) is 2.27. The van der Waals surface area contributed by atoms with Crippen LogP contribution in [-0.4, -0.2) is 16.0 Å². The summed E-state index contributed by atoms with van der Waals surface area (Å²) in [6, 6.07) is 18.3. The van der Waals surface area contributed by atoms with Crippen LogP contribution in [0.2, 0.25) is 0 Å². The third-order valence-electron chi connectivity index (χ3n) is 3.43. The van der Waals surface area contributed by atoms with E-state index in [1.165, 1.54) is 6.20 Å². The molecule has 0 fully saturated rings. The summed E-state index contributed by atoms with van der Waals surface area (Å²) in [5.74, 6) is -0.909. The number of hydrogen-bond acceptors (Lipinski definition) is 2. The molecule has 2 rings (SSSR count). The van der Waals surface area contributed by atoms with E-state index in [9.17, 15) is 14.3 Å². The van der Waals surface area contributed by atoms with Crippen molar-refractivity contribution in [3.8, 4) is 0 Å². The first-order chi connectivity index (χ1) is 11.5. The third kappa shape index (κ3) is 6.03. The zero-order valence-corrected chi connectivity index (χ0v) is 14.0. The number of rotatable bonds is 8. The lowest BCUT2D eigenvalue weighted by Crippen LogP contribution is -2.06. The Hall–Kier alpha value is -2.36. The Morgan fingerprint density at radius 3 is 2.17 bits per heavy atom. The number of allylic oxidation sites excluding steroid dienone is 1. The lowest BCUT2D eigenvalue weighted by atomic mass is 10.0. The van der Waals surface area contributed by atoms with E-state index in [0.29, 0.717) is 5.57 Å². The van der Waals surface area contributed by atoms with Gasteiger partial charge in [-0.15, -0.1) is 0 Å². The van der Waals surface area contributed by atoms with Crippen molar-refractivity contribution in [3.63, 3.8) is 0 Å². The summed E-state index contributed by atoms with van der Waals surface area (Å²) in [6.45, 7) is 0. The predicted molar refractivity (Wildman–Crippen MR) is 94.4 cm³/mol. The van der Waals surface area contributed by atoms with E-state index in [2.05, 4.69) is 5.09 Å². The minimum absolute atomic E-state index is 0.00530. The van der Waals surface area contributed by atoms with Crippen LogP contribution < -0.4 is 5.09 Å². The van der Waals surface area contributed by atoms with E-state index >= 15 is 0 Å². The van der Waals surface area contributed by atoms with Crippen LogP contribution in [0, 0.1) is 0 Å². The molecule has 2 aromatic carbocycles. The molecule has 0 saturated carbocycles. The molecule has 0 amide bonds. The molecule has 0 aliphatic carbocycles. The average molecular weight is 345 g/mol. The summed E-state index contributed by atoms with van der Waals surface area (Å²) in [7, 11) is -3.61. The smallest absolute Gasteiger partial charge is 0.303 e. The van der Waals surface area contributed by atoms with Gasteiger partial charge in [-0.05, 0) is 23.1 Å². The quantitative estimate of drug-likeness (QED) is 0.632. The van der Waals surface area contributed by atoms with Crippen molar-refractivity contribution in [1.82, 2.24) is 5.09 Å². The zero-order valence-electron chi connectivity index (χ0n) is 13.1. The monoisotopic (exact) mass is 345 g/mol. The first-order valence-corrected chi connectivity index (χ1v) is 9.40. The molecule has 0 aliphatic heterocycles. The molecule has 24 heavy (non-hydrogen) atoms. The van der Waals surface area contributed by atoms with Crippen LogP contribution in [0.3, 0.4) is 0 Å². The SMILES string of the molecule is O=C(O)CCC(=CNP(=O)(O)Cc1ccccc1)c1ccccc1. The van der Waals surface area contributed by atoms with E-state index in [-0.39, 0.29) is 19.0 Å². The van der Waals surface area contributed by atoms with Crippen molar-refractivity contribution in [2.45, 2.75) is 19.0 Å². The first kappa shape index (κ1) is 18.0. The zero-order chi connectivity index (χ0) is 17.4. The highest BCUT2D eigenvalue weighted by molar-refractivity contribution is 7.55. The second-order valence-electron chi connectivity index (χ2n) is 5.40. The second kappa shape index (κ2) is 8.48. The van der Waals surface area contributed by atoms with Crippen molar-refractivity contribution in [1.29, 1.82) is 0 Å². The molecule has 0 aromatic heterocycles. The van der Waals surface area contributed by atoms with E-state index in [0.717, 1.165) is 11.1 Å². The van der Waals surface area contributed by atoms with Gasteiger partial charge in [-0.25, -0.2) is 0 Å². The maximum absolute atomic E-state index is 12.3. The fraction of sp³-hybridized carbons (Fsp3) is 0.167. The van der Waals surface area contributed by atoms with Gasteiger partial charge >= 0.3 is 5.97 Å². The average Bonchev–Trinajstić information content (AvgIpc) is 2.56. The maximum atomic E-state index is 12.3. The van der Waals surface area contributed by atoms with Crippen molar-refractivity contribution >= 4 is 19.1 Å². The van der Waals surface area contributed by atoms with E-state index in [4.69, 9.17) is 5.11 Å². The molecule has 0 radical (unpaired) electrons. The van der Waals surface area contributed by atoms with Crippen LogP contribution in [0.15, 0.2) is 66.9 Å². The number of carbonyl (C=O) groups is 1. The summed E-state index contributed by atoms with van der Waals surface area (Å²) >= 11 is 0. The molecule has 5 nitrogen and oxygen atoms in total. The topological polar surface area (TPSA) is 86.6 Å². The summed E-state index contributed by atoms with van der Waals surface area (Å²) in [6.07, 6.45) is 1.70. The molecule has 126 valence electrons. The molecule has 1 unspecified atom stereocenters. The number of nitrogens with one attached hydrogen (secondary N) is 1. The fourth-order valence-electron chi connectivity index (χ4n) is 2.25. The summed E-state index contributed by atoms with van der Waals surface area (Å²) in [4.78, 5) is 21.0. The van der Waals surface area contributed by atoms with Gasteiger partial charge in [-0.1, -0.05) is 60.7 Å². The van der Waals surface area contributed by atoms with Crippen molar-refractivity contribution in [3.05, 3.63) is 78.0 Å². The van der Waals surface area contributed by atoms with Gasteiger partial charge in [0.05, 0.1) is 6.16 Å². The molecule has 0 saturated heterocycles. The molecule has 3 N–H and O–H groups in total. The number of carboxylic acids is 1. The lowest BCUT2D eigenvalue weighted by molar-refractivity contribution is -0.136. The molecular formula is C18H20NO4P. The largest absolute Gasteiger partial charge is 0.481 e. The summed E-state index contributed by atoms with van der Waals surface area (Å²) < 4.78 is 12.3. The molecule has 0 bridgehead atoms. The van der Waals surface area contributed by atoms with Crippen LogP contribution in [-0.2, 0) is 15.5 Å². The molecule has 2 aromatic rings. The van der Waals surface area contributed by atoms with E-state index in [1.54, 1.807) is 12.1 Å². The maximum Gasteiger partial charge on any atom is 0.303 e. The molecule has 0 heterocycles. The van der Waals surface area contributed by atoms with E-state index < -0.39 is 13.5 Å². The lowest BCUT2D eigenvalue weighted by Gasteiger charge is -2.14. The highest BCUT2D eigenvalue weighted by Crippen LogP contribution is 2.40. The minimum atomic E-state index is -3.61. The number of hydrogen-bond donors (Lipinski definition) is 3. The van der Waals surface area contributed by atoms with Crippen molar-refractivity contribution in [2.75, 3.05) is 0 Å². The van der Waals surface area contributed by atoms with Gasteiger partial charge in [-0.2, -0.15) is 0 Å². The van der Waals surface area contributed by atoms with Crippen LogP contribution in [0.1, 0.15) is 24.0 Å². The molecule has 0 spiro atoms. The number of aliphatic carboxylic acids is 1. The van der Waals surface area contributed by atoms with Gasteiger partial charge in [0.2, 0.25) is 0 Å². The van der Waals surface area contributed by atoms with Crippen LogP contribution in [0.25, 0.3) is 5.57 Å². The normalized spacial score (nSPS) is 14.0. The number of benzene rings is 2. The van der Waals surface area contributed by atoms with Crippen molar-refractivity contribution < 1.29 is 19.4 Å². The molecule has 0 aliphatic rings. The Balaban J connectivity index is 2.13. The van der Waals surface area contributed by atoms with Crippen LogP contribution in [0.4, 0.5) is 0 Å². The molecular weight excluding hydrogens is 325 g/mol. The van der Waals surface area contributed by atoms with Gasteiger partial charge in [0.1, 0.15) is 0 Å². The summed E-state index contributed by atoms with van der Waals surface area (Å²) in [5, 5.41) is 11.5. The van der Waals surface area contributed by atoms with Gasteiger partial charge in [-0.3, -0.25) is 9.36 Å². The van der Waals surface area contributed by atoms with Crippen LogP contribution in [0.5, 0.6) is 0 Å². The predicted octanol–water partition coefficient (Wildman–Crippen LogP) is 3.87. The Morgan fingerprint density at radius 2 is 1.58 bits per heavy atom. The van der Waals surface area contributed by atoms with Gasteiger partial charge in [0.15, 0.2) is 0 Å². The van der Waals surface area contributed by atoms with Crippen LogP contribution >= 0.6 is 7.52 Å². The van der Waals surface area contributed by atoms with Gasteiger partial charge < -0.3 is 15.1 Å². The van der Waals surface area contributed by atoms with Gasteiger partial charge in [0.25, 0.3) is 7.52 Å². The fourth-order valence-corrected chi connectivity index (χ4v) is 3.40.